The van der Waals surface area contributed by atoms with E-state index in [1.54, 1.807) is 31.7 Å². The molecule has 3 fully saturated rings. The maximum absolute atomic E-state index is 17.2. The van der Waals surface area contributed by atoms with Crippen LogP contribution in [0.5, 0.6) is 6.01 Å². The topological polar surface area (TPSA) is 142 Å². The van der Waals surface area contributed by atoms with Crippen LogP contribution in [0.1, 0.15) is 60.8 Å². The molecular weight excluding hydrogens is 744 g/mol. The van der Waals surface area contributed by atoms with Crippen LogP contribution in [0.2, 0.25) is 5.02 Å². The number of halogens is 3. The van der Waals surface area contributed by atoms with Crippen molar-refractivity contribution < 1.29 is 37.7 Å². The van der Waals surface area contributed by atoms with Gasteiger partial charge < -0.3 is 24.2 Å². The van der Waals surface area contributed by atoms with Gasteiger partial charge in [0.1, 0.15) is 35.0 Å². The number of β-amino-alcohol motifs (C(OH)–C–C–N with tert-alkyl or cyclic N) is 1. The number of hydrogen-bond acceptors (Lipinski definition) is 12. The Morgan fingerprint density at radius 2 is 1.69 bits per heavy atom. The summed E-state index contributed by atoms with van der Waals surface area (Å²) in [6.45, 7) is 12.1. The molecule has 17 heteroatoms. The monoisotopic (exact) mass is 787 g/mol. The van der Waals surface area contributed by atoms with Gasteiger partial charge in [-0.05, 0) is 86.1 Å². The lowest BCUT2D eigenvalue weighted by Gasteiger charge is -2.42. The Kier molecular flexibility index (Phi) is 10.0. The van der Waals surface area contributed by atoms with Crippen LogP contribution in [0.4, 0.5) is 29.3 Å². The zero-order valence-corrected chi connectivity index (χ0v) is 32.8. The minimum Gasteiger partial charge on any atom is -0.462 e. The molecule has 290 valence electrons. The van der Waals surface area contributed by atoms with E-state index in [0.717, 1.165) is 24.2 Å². The Balaban J connectivity index is 1.29. The fraction of sp³-hybridized carbons (Fsp3) is 0.541. The van der Waals surface area contributed by atoms with Crippen molar-refractivity contribution in [2.75, 3.05) is 43.5 Å². The summed E-state index contributed by atoms with van der Waals surface area (Å²) in [4.78, 5) is 45.3. The van der Waals surface area contributed by atoms with Crippen molar-refractivity contribution in [3.63, 3.8) is 0 Å². The first kappa shape index (κ1) is 38.2. The van der Waals surface area contributed by atoms with Gasteiger partial charge in [0.15, 0.2) is 10.9 Å². The van der Waals surface area contributed by atoms with E-state index in [2.05, 4.69) is 15.3 Å². The number of fused-ring (bicyclic) bond motifs is 4. The number of amides is 2. The van der Waals surface area contributed by atoms with E-state index >= 15 is 8.78 Å². The second kappa shape index (κ2) is 14.2. The van der Waals surface area contributed by atoms with E-state index < -0.39 is 35.0 Å². The van der Waals surface area contributed by atoms with E-state index in [1.807, 2.05) is 37.6 Å². The average Bonchev–Trinajstić information content (AvgIpc) is 3.71. The standard InChI is InChI=1S/C37H44ClF2N7O6S/c1-36(2,3)52-34(49)44-33-42-29-22(10-11-25(39)30(29)54-33)26-24(38)13-23-28(27(26)40)41-32(51-17-20-12-21(48)16-45(20)7)43-31(23)46-14-18-8-9-19(15-46)47(18)35(50)53-37(4,5)6/h10-11,13,18-21,48H,8-9,12,14-17H2,1-7H3,(H,42,44,49)/t18?,19?,20-,21+/m0/s1. The molecule has 0 saturated carbocycles. The largest absolute Gasteiger partial charge is 0.462 e. The first-order valence-electron chi connectivity index (χ1n) is 17.9. The van der Waals surface area contributed by atoms with Gasteiger partial charge in [0, 0.05) is 42.2 Å². The molecule has 2 N–H and O–H groups in total. The first-order valence-corrected chi connectivity index (χ1v) is 19.1. The van der Waals surface area contributed by atoms with E-state index in [1.165, 1.54) is 12.1 Å². The van der Waals surface area contributed by atoms with Gasteiger partial charge in [0.2, 0.25) is 0 Å². The van der Waals surface area contributed by atoms with Gasteiger partial charge in [0.05, 0.1) is 33.4 Å². The molecule has 4 atom stereocenters. The number of likely N-dealkylation sites (tertiary alicyclic amines) is 1. The van der Waals surface area contributed by atoms with Crippen molar-refractivity contribution in [2.24, 2.45) is 0 Å². The van der Waals surface area contributed by atoms with Crippen LogP contribution in [-0.4, -0.2) is 111 Å². The van der Waals surface area contributed by atoms with Gasteiger partial charge >= 0.3 is 18.2 Å². The highest BCUT2D eigenvalue weighted by atomic mass is 35.5. The van der Waals surface area contributed by atoms with Gasteiger partial charge in [-0.25, -0.2) is 23.4 Å². The van der Waals surface area contributed by atoms with Crippen LogP contribution in [-0.2, 0) is 9.47 Å². The molecular formula is C37H44ClF2N7O6S. The predicted molar refractivity (Wildman–Crippen MR) is 203 cm³/mol. The van der Waals surface area contributed by atoms with Gasteiger partial charge in [-0.3, -0.25) is 15.1 Å². The Bertz CT molecular complexity index is 2110. The second-order valence-corrected chi connectivity index (χ2v) is 17.6. The van der Waals surface area contributed by atoms with Crippen molar-refractivity contribution in [1.82, 2.24) is 24.8 Å². The quantitative estimate of drug-likeness (QED) is 0.205. The smallest absolute Gasteiger partial charge is 0.413 e. The van der Waals surface area contributed by atoms with Crippen LogP contribution >= 0.6 is 22.9 Å². The molecule has 7 rings (SSSR count). The van der Waals surface area contributed by atoms with E-state index in [9.17, 15) is 14.7 Å². The molecule has 2 amide bonds. The number of aliphatic hydroxyl groups is 1. The molecule has 3 aliphatic heterocycles. The summed E-state index contributed by atoms with van der Waals surface area (Å²) in [5.74, 6) is -1.01. The van der Waals surface area contributed by atoms with Gasteiger partial charge in [0.25, 0.3) is 0 Å². The fourth-order valence-electron chi connectivity index (χ4n) is 7.44. The second-order valence-electron chi connectivity index (χ2n) is 16.2. The zero-order chi connectivity index (χ0) is 38.9. The van der Waals surface area contributed by atoms with Crippen molar-refractivity contribution in [1.29, 1.82) is 0 Å². The van der Waals surface area contributed by atoms with Crippen LogP contribution in [0.25, 0.3) is 32.2 Å². The lowest BCUT2D eigenvalue weighted by atomic mass is 10.0. The lowest BCUT2D eigenvalue weighted by molar-refractivity contribution is 0.0122. The minimum atomic E-state index is -0.794. The van der Waals surface area contributed by atoms with Crippen molar-refractivity contribution in [3.8, 4) is 17.1 Å². The van der Waals surface area contributed by atoms with Crippen molar-refractivity contribution in [2.45, 2.75) is 96.2 Å². The first-order chi connectivity index (χ1) is 25.3. The third kappa shape index (κ3) is 7.70. The number of hydrogen-bond donors (Lipinski definition) is 2. The molecule has 4 aromatic rings. The van der Waals surface area contributed by atoms with Gasteiger partial charge in [-0.15, -0.1) is 0 Å². The third-order valence-corrected chi connectivity index (χ3v) is 10.9. The van der Waals surface area contributed by atoms with Crippen molar-refractivity contribution in [3.05, 3.63) is 34.9 Å². The number of anilines is 2. The molecule has 2 aromatic heterocycles. The highest BCUT2D eigenvalue weighted by Crippen LogP contribution is 2.44. The normalized spacial score (nSPS) is 22.0. The Morgan fingerprint density at radius 1 is 1.00 bits per heavy atom. The number of rotatable bonds is 6. The summed E-state index contributed by atoms with van der Waals surface area (Å²) in [7, 11) is 1.89. The molecule has 54 heavy (non-hydrogen) atoms. The number of likely N-dealkylation sites (N-methyl/N-ethyl adjacent to an activating group) is 1. The maximum atomic E-state index is 17.2. The molecule has 2 bridgehead atoms. The van der Waals surface area contributed by atoms with Crippen LogP contribution in [0.15, 0.2) is 18.2 Å². The van der Waals surface area contributed by atoms with Gasteiger partial charge in [-0.2, -0.15) is 9.97 Å². The highest BCUT2D eigenvalue weighted by molar-refractivity contribution is 7.22. The highest BCUT2D eigenvalue weighted by Gasteiger charge is 2.45. The number of carbonyl (C=O) groups excluding carboxylic acids is 2. The maximum Gasteiger partial charge on any atom is 0.413 e. The number of ether oxygens (including phenoxy) is 3. The molecule has 13 nitrogen and oxygen atoms in total. The molecule has 0 radical (unpaired) electrons. The van der Waals surface area contributed by atoms with Crippen LogP contribution < -0.4 is 15.0 Å². The molecule has 0 spiro atoms. The molecule has 2 aromatic carbocycles. The van der Waals surface area contributed by atoms with Crippen LogP contribution in [0, 0.1) is 11.6 Å². The number of nitrogens with zero attached hydrogens (tertiary/aromatic N) is 6. The summed E-state index contributed by atoms with van der Waals surface area (Å²) in [6, 6.07) is 3.66. The van der Waals surface area contributed by atoms with E-state index in [0.29, 0.717) is 37.3 Å². The SMILES string of the molecule is CN1C[C@H](O)C[C@H]1COc1nc(N2CC3CCC(C2)N3C(=O)OC(C)(C)C)c2cc(Cl)c(-c3ccc(F)c4sc(NC(=O)OC(C)(C)C)nc34)c(F)c2n1. The molecule has 3 aliphatic rings. The average molecular weight is 788 g/mol. The molecule has 0 aliphatic carbocycles. The number of aliphatic hydroxyl groups excluding tert-OH is 1. The fourth-order valence-corrected chi connectivity index (χ4v) is 8.62. The van der Waals surface area contributed by atoms with Crippen LogP contribution in [0.3, 0.4) is 0 Å². The van der Waals surface area contributed by atoms with E-state index in [4.69, 9.17) is 30.8 Å². The summed E-state index contributed by atoms with van der Waals surface area (Å²) >= 11 is 7.80. The number of carbonyl (C=O) groups is 2. The summed E-state index contributed by atoms with van der Waals surface area (Å²) in [5.41, 5.74) is -1.28. The number of piperazine rings is 1. The third-order valence-electron chi connectivity index (χ3n) is 9.67. The number of nitrogens with one attached hydrogen (secondary N) is 1. The summed E-state index contributed by atoms with van der Waals surface area (Å²) < 4.78 is 49.6. The molecule has 2 unspecified atom stereocenters. The van der Waals surface area contributed by atoms with Gasteiger partial charge in [-0.1, -0.05) is 22.9 Å². The number of thiazole rings is 1. The van der Waals surface area contributed by atoms with E-state index in [-0.39, 0.29) is 73.9 Å². The number of aromatic nitrogens is 3. The van der Waals surface area contributed by atoms with Crippen molar-refractivity contribution >= 4 is 67.2 Å². The predicted octanol–water partition coefficient (Wildman–Crippen LogP) is 7.22. The molecule has 3 saturated heterocycles. The lowest BCUT2D eigenvalue weighted by Crippen LogP contribution is -2.57. The zero-order valence-electron chi connectivity index (χ0n) is 31.2. The Morgan fingerprint density at radius 3 is 2.31 bits per heavy atom. The summed E-state index contributed by atoms with van der Waals surface area (Å²) in [6.07, 6.45) is 0.399. The summed E-state index contributed by atoms with van der Waals surface area (Å²) in [5, 5.41) is 13.1. The minimum absolute atomic E-state index is 0.0120. The molecule has 5 heterocycles. The Hall–Kier alpha value is -4.12. The number of benzene rings is 2. The Labute approximate surface area is 320 Å².